The summed E-state index contributed by atoms with van der Waals surface area (Å²) in [6, 6.07) is 2.05. The molecule has 0 amide bonds. The van der Waals surface area contributed by atoms with Crippen LogP contribution in [0.3, 0.4) is 0 Å². The van der Waals surface area contributed by atoms with E-state index < -0.39 is 0 Å². The normalized spacial score (nSPS) is 11.1. The van der Waals surface area contributed by atoms with Crippen LogP contribution in [0.25, 0.3) is 10.9 Å². The first-order valence-electron chi connectivity index (χ1n) is 4.82. The molecule has 0 fully saturated rings. The predicted molar refractivity (Wildman–Crippen MR) is 64.0 cm³/mol. The van der Waals surface area contributed by atoms with Crippen LogP contribution in [0.1, 0.15) is 5.56 Å². The number of aromatic nitrogens is 2. The summed E-state index contributed by atoms with van der Waals surface area (Å²) in [5.74, 6) is 0. The molecule has 0 unspecified atom stereocenters. The molecule has 0 N–H and O–H groups in total. The number of methoxy groups -OCH3 is 1. The Kier molecular flexibility index (Phi) is 3.07. The quantitative estimate of drug-likeness (QED) is 0.801. The first kappa shape index (κ1) is 10.6. The summed E-state index contributed by atoms with van der Waals surface area (Å²) < 4.78 is 8.13. The fourth-order valence-electron chi connectivity index (χ4n) is 1.71. The van der Waals surface area contributed by atoms with Crippen LogP contribution in [0.2, 0.25) is 0 Å². The van der Waals surface area contributed by atoms with Crippen molar-refractivity contribution in [3.05, 3.63) is 28.6 Å². The highest BCUT2D eigenvalue weighted by molar-refractivity contribution is 9.10. The Hall–Kier alpha value is -0.870. The Balaban J connectivity index is 2.48. The van der Waals surface area contributed by atoms with Crippen molar-refractivity contribution in [1.82, 2.24) is 9.55 Å². The minimum Gasteiger partial charge on any atom is -0.383 e. The van der Waals surface area contributed by atoms with Crippen LogP contribution in [0.15, 0.2) is 23.1 Å². The predicted octanol–water partition coefficient (Wildman–Crippen LogP) is 2.75. The molecule has 2 rings (SSSR count). The van der Waals surface area contributed by atoms with Crippen LogP contribution in [0.4, 0.5) is 0 Å². The van der Waals surface area contributed by atoms with E-state index in [1.807, 2.05) is 12.3 Å². The van der Waals surface area contributed by atoms with E-state index in [4.69, 9.17) is 4.74 Å². The molecule has 80 valence electrons. The summed E-state index contributed by atoms with van der Waals surface area (Å²) in [5, 5.41) is 1.24. The molecule has 3 nitrogen and oxygen atoms in total. The number of fused-ring (bicyclic) bond motifs is 1. The van der Waals surface area contributed by atoms with E-state index in [-0.39, 0.29) is 0 Å². The number of rotatable bonds is 3. The smallest absolute Gasteiger partial charge is 0.106 e. The molecule has 0 aliphatic heterocycles. The Labute approximate surface area is 97.2 Å². The zero-order chi connectivity index (χ0) is 10.8. The van der Waals surface area contributed by atoms with Crippen LogP contribution in [-0.2, 0) is 11.3 Å². The molecule has 0 aliphatic rings. The lowest BCUT2D eigenvalue weighted by atomic mass is 10.2. The number of ether oxygens (including phenoxy) is 1. The lowest BCUT2D eigenvalue weighted by Crippen LogP contribution is -2.02. The number of hydrogen-bond acceptors (Lipinski definition) is 2. The van der Waals surface area contributed by atoms with E-state index in [0.29, 0.717) is 0 Å². The molecular weight excluding hydrogens is 256 g/mol. The second-order valence-electron chi connectivity index (χ2n) is 3.52. The first-order valence-corrected chi connectivity index (χ1v) is 5.61. The summed E-state index contributed by atoms with van der Waals surface area (Å²) >= 11 is 3.38. The van der Waals surface area contributed by atoms with Crippen molar-refractivity contribution in [1.29, 1.82) is 0 Å². The third kappa shape index (κ3) is 2.06. The van der Waals surface area contributed by atoms with E-state index >= 15 is 0 Å². The largest absolute Gasteiger partial charge is 0.383 e. The third-order valence-electron chi connectivity index (χ3n) is 2.47. The van der Waals surface area contributed by atoms with Gasteiger partial charge < -0.3 is 9.30 Å². The van der Waals surface area contributed by atoms with Gasteiger partial charge in [-0.05, 0) is 34.5 Å². The number of pyridine rings is 1. The summed E-state index contributed by atoms with van der Waals surface area (Å²) in [6.07, 6.45) is 4.03. The molecule has 0 spiro atoms. The van der Waals surface area contributed by atoms with Gasteiger partial charge in [0, 0.05) is 25.2 Å². The van der Waals surface area contributed by atoms with E-state index in [1.54, 1.807) is 7.11 Å². The highest BCUT2D eigenvalue weighted by Gasteiger charge is 2.05. The first-order chi connectivity index (χ1) is 7.22. The topological polar surface area (TPSA) is 27.1 Å². The Morgan fingerprint density at radius 1 is 1.53 bits per heavy atom. The second-order valence-corrected chi connectivity index (χ2v) is 4.33. The lowest BCUT2D eigenvalue weighted by molar-refractivity contribution is 0.188. The molecule has 0 atom stereocenters. The van der Waals surface area contributed by atoms with Gasteiger partial charge in [0.25, 0.3) is 0 Å². The number of hydrogen-bond donors (Lipinski definition) is 0. The second kappa shape index (κ2) is 4.33. The maximum absolute atomic E-state index is 5.08. The molecule has 0 saturated heterocycles. The number of aryl methyl sites for hydroxylation is 1. The van der Waals surface area contributed by atoms with Gasteiger partial charge in [0.1, 0.15) is 4.60 Å². The minimum absolute atomic E-state index is 0.722. The summed E-state index contributed by atoms with van der Waals surface area (Å²) in [5.41, 5.74) is 2.43. The molecule has 0 bridgehead atoms. The van der Waals surface area contributed by atoms with Gasteiger partial charge in [-0.25, -0.2) is 4.98 Å². The van der Waals surface area contributed by atoms with Gasteiger partial charge >= 0.3 is 0 Å². The van der Waals surface area contributed by atoms with E-state index in [2.05, 4.69) is 38.6 Å². The van der Waals surface area contributed by atoms with Crippen molar-refractivity contribution in [2.24, 2.45) is 0 Å². The number of halogens is 1. The number of nitrogens with zero attached hydrogens (tertiary/aromatic N) is 2. The van der Waals surface area contributed by atoms with E-state index in [1.165, 1.54) is 10.9 Å². The van der Waals surface area contributed by atoms with Gasteiger partial charge in [0.2, 0.25) is 0 Å². The van der Waals surface area contributed by atoms with Gasteiger partial charge in [0.05, 0.1) is 18.3 Å². The molecule has 0 aromatic carbocycles. The molecule has 2 aromatic rings. The molecular formula is C11H13BrN2O. The Morgan fingerprint density at radius 3 is 3.07 bits per heavy atom. The van der Waals surface area contributed by atoms with Crippen LogP contribution >= 0.6 is 15.9 Å². The minimum atomic E-state index is 0.722. The van der Waals surface area contributed by atoms with Crippen molar-refractivity contribution in [2.75, 3.05) is 13.7 Å². The monoisotopic (exact) mass is 268 g/mol. The Morgan fingerprint density at radius 2 is 2.33 bits per heavy atom. The summed E-state index contributed by atoms with van der Waals surface area (Å²) in [6.45, 7) is 3.70. The SMILES string of the molecule is COCCn1cc(C)c2cc(Br)ncc21. The fraction of sp³-hybridized carbons (Fsp3) is 0.364. The van der Waals surface area contributed by atoms with Crippen molar-refractivity contribution in [3.8, 4) is 0 Å². The lowest BCUT2D eigenvalue weighted by Gasteiger charge is -2.03. The maximum atomic E-state index is 5.08. The van der Waals surface area contributed by atoms with Crippen LogP contribution < -0.4 is 0 Å². The summed E-state index contributed by atoms with van der Waals surface area (Å²) in [7, 11) is 1.72. The molecule has 0 radical (unpaired) electrons. The molecule has 15 heavy (non-hydrogen) atoms. The fourth-order valence-corrected chi connectivity index (χ4v) is 2.05. The van der Waals surface area contributed by atoms with Crippen LogP contribution in [0.5, 0.6) is 0 Å². The Bertz CT molecular complexity index is 479. The zero-order valence-corrected chi connectivity index (χ0v) is 10.4. The zero-order valence-electron chi connectivity index (χ0n) is 8.83. The summed E-state index contributed by atoms with van der Waals surface area (Å²) in [4.78, 5) is 4.24. The van der Waals surface area contributed by atoms with Gasteiger partial charge in [0.15, 0.2) is 0 Å². The van der Waals surface area contributed by atoms with Crippen molar-refractivity contribution in [2.45, 2.75) is 13.5 Å². The van der Waals surface area contributed by atoms with Gasteiger partial charge in [-0.2, -0.15) is 0 Å². The average Bonchev–Trinajstić information content (AvgIpc) is 2.53. The molecule has 2 aromatic heterocycles. The highest BCUT2D eigenvalue weighted by atomic mass is 79.9. The molecule has 0 aliphatic carbocycles. The van der Waals surface area contributed by atoms with Crippen molar-refractivity contribution >= 4 is 26.8 Å². The van der Waals surface area contributed by atoms with Gasteiger partial charge in [-0.15, -0.1) is 0 Å². The van der Waals surface area contributed by atoms with Crippen LogP contribution in [-0.4, -0.2) is 23.3 Å². The van der Waals surface area contributed by atoms with Crippen molar-refractivity contribution < 1.29 is 4.74 Å². The molecule has 4 heteroatoms. The molecule has 0 saturated carbocycles. The van der Waals surface area contributed by atoms with Gasteiger partial charge in [-0.3, -0.25) is 0 Å². The third-order valence-corrected chi connectivity index (χ3v) is 2.90. The highest BCUT2D eigenvalue weighted by Crippen LogP contribution is 2.22. The van der Waals surface area contributed by atoms with Crippen LogP contribution in [0, 0.1) is 6.92 Å². The van der Waals surface area contributed by atoms with Crippen molar-refractivity contribution in [3.63, 3.8) is 0 Å². The molecule has 2 heterocycles. The van der Waals surface area contributed by atoms with Gasteiger partial charge in [-0.1, -0.05) is 0 Å². The standard InChI is InChI=1S/C11H13BrN2O/c1-8-7-14(3-4-15-2)10-6-13-11(12)5-9(8)10/h5-7H,3-4H2,1-2H3. The van der Waals surface area contributed by atoms with E-state index in [9.17, 15) is 0 Å². The average molecular weight is 269 g/mol. The van der Waals surface area contributed by atoms with E-state index in [0.717, 1.165) is 23.3 Å². The maximum Gasteiger partial charge on any atom is 0.106 e.